The van der Waals surface area contributed by atoms with Crippen molar-refractivity contribution in [3.63, 3.8) is 0 Å². The van der Waals surface area contributed by atoms with E-state index in [-0.39, 0.29) is 23.1 Å². The maximum atomic E-state index is 12.8. The van der Waals surface area contributed by atoms with Crippen LogP contribution in [0.15, 0.2) is 114 Å². The number of aliphatic imine (C=N–C) groups is 1. The molecule has 0 bridgehead atoms. The maximum absolute atomic E-state index is 12.8. The Morgan fingerprint density at radius 1 is 0.691 bits per heavy atom. The Labute approximate surface area is 323 Å². The normalized spacial score (nSPS) is 13.5. The van der Waals surface area contributed by atoms with E-state index in [9.17, 15) is 9.59 Å². The second-order valence-electron chi connectivity index (χ2n) is 14.1. The zero-order valence-corrected chi connectivity index (χ0v) is 31.9. The van der Waals surface area contributed by atoms with Crippen molar-refractivity contribution in [3.05, 3.63) is 165 Å². The first-order valence-electron chi connectivity index (χ1n) is 19.0. The molecule has 0 unspecified atom stereocenters. The maximum Gasteiger partial charge on any atom is 0.227 e. The Balaban J connectivity index is 0.000000169. The summed E-state index contributed by atoms with van der Waals surface area (Å²) in [4.78, 5) is 29.3. The van der Waals surface area contributed by atoms with Gasteiger partial charge in [0.05, 0.1) is 5.70 Å². The molecule has 6 aromatic rings. The molecule has 0 atom stereocenters. The van der Waals surface area contributed by atoms with Gasteiger partial charge in [-0.1, -0.05) is 110 Å². The van der Waals surface area contributed by atoms with Gasteiger partial charge < -0.3 is 11.5 Å². The van der Waals surface area contributed by atoms with Crippen molar-refractivity contribution in [1.82, 2.24) is 0 Å². The second-order valence-corrected chi connectivity index (χ2v) is 14.1. The molecule has 0 heterocycles. The zero-order valence-electron chi connectivity index (χ0n) is 31.9. The summed E-state index contributed by atoms with van der Waals surface area (Å²) in [6.07, 6.45) is 15.7. The van der Waals surface area contributed by atoms with Gasteiger partial charge in [-0.15, -0.1) is 0 Å². The summed E-state index contributed by atoms with van der Waals surface area (Å²) in [7, 11) is 1.54. The van der Waals surface area contributed by atoms with E-state index in [4.69, 9.17) is 11.5 Å². The fraction of sp³-hybridized carbons (Fsp3) is 0.180. The van der Waals surface area contributed by atoms with E-state index in [1.165, 1.54) is 51.6 Å². The van der Waals surface area contributed by atoms with Gasteiger partial charge in [0.15, 0.2) is 5.84 Å². The van der Waals surface area contributed by atoms with Gasteiger partial charge in [-0.3, -0.25) is 14.6 Å². The topological polar surface area (TPSA) is 98.5 Å². The summed E-state index contributed by atoms with van der Waals surface area (Å²) < 4.78 is 0. The minimum atomic E-state index is -0.230. The first kappa shape index (κ1) is 36.8. The quantitative estimate of drug-likeness (QED) is 0.0743. The van der Waals surface area contributed by atoms with Crippen molar-refractivity contribution in [3.8, 4) is 22.3 Å². The minimum Gasteiger partial charge on any atom is -0.396 e. The Morgan fingerprint density at radius 2 is 1.25 bits per heavy atom. The fourth-order valence-corrected chi connectivity index (χ4v) is 7.95. The first-order chi connectivity index (χ1) is 26.7. The number of allylic oxidation sites excluding steroid dienone is 4. The van der Waals surface area contributed by atoms with Crippen LogP contribution in [0.2, 0.25) is 0 Å². The average molecular weight is 720 g/mol. The number of fused-ring (bicyclic) bond motifs is 4. The molecule has 5 nitrogen and oxygen atoms in total. The summed E-state index contributed by atoms with van der Waals surface area (Å²) in [5.74, 6) is -0.352. The number of hydrogen-bond donors (Lipinski definition) is 2. The molecule has 0 fully saturated rings. The highest BCUT2D eigenvalue weighted by Gasteiger charge is 2.20. The number of benzene rings is 5. The van der Waals surface area contributed by atoms with Crippen LogP contribution in [0.5, 0.6) is 0 Å². The molecule has 0 spiro atoms. The predicted molar refractivity (Wildman–Crippen MR) is 229 cm³/mol. The molecule has 0 amide bonds. The smallest absolute Gasteiger partial charge is 0.227 e. The number of Topliss-reactive ketones (excluding diaryl/α,β-unsaturated/α-hetero) is 2. The molecule has 4 N–H and O–H groups in total. The molecule has 5 heteroatoms. The molecular weight excluding hydrogens is 675 g/mol. The average Bonchev–Trinajstić information content (AvgIpc) is 3.23. The zero-order chi connectivity index (χ0) is 38.6. The third-order valence-electron chi connectivity index (χ3n) is 10.8. The second kappa shape index (κ2) is 15.8. The Bertz CT molecular complexity index is 2620. The highest BCUT2D eigenvalue weighted by molar-refractivity contribution is 6.46. The van der Waals surface area contributed by atoms with Gasteiger partial charge in [-0.05, 0) is 142 Å². The molecule has 0 radical (unpaired) electrons. The van der Waals surface area contributed by atoms with Gasteiger partial charge in [0.25, 0.3) is 0 Å². The van der Waals surface area contributed by atoms with Crippen LogP contribution in [0.1, 0.15) is 80.3 Å². The van der Waals surface area contributed by atoms with Crippen molar-refractivity contribution in [2.24, 2.45) is 16.5 Å². The lowest BCUT2D eigenvalue weighted by Crippen LogP contribution is -2.23. The molecule has 0 saturated heterocycles. The van der Waals surface area contributed by atoms with Crippen LogP contribution < -0.4 is 11.5 Å². The lowest BCUT2D eigenvalue weighted by molar-refractivity contribution is 0.103. The highest BCUT2D eigenvalue weighted by atomic mass is 16.1. The Morgan fingerprint density at radius 3 is 1.85 bits per heavy atom. The molecule has 0 aromatic heterocycles. The first-order valence-corrected chi connectivity index (χ1v) is 19.0. The van der Waals surface area contributed by atoms with Crippen LogP contribution in [0.3, 0.4) is 0 Å². The van der Waals surface area contributed by atoms with Gasteiger partial charge >= 0.3 is 0 Å². The lowest BCUT2D eigenvalue weighted by Gasteiger charge is -2.19. The van der Waals surface area contributed by atoms with E-state index in [2.05, 4.69) is 85.6 Å². The van der Waals surface area contributed by atoms with E-state index in [0.29, 0.717) is 11.1 Å². The van der Waals surface area contributed by atoms with Crippen LogP contribution in [-0.2, 0) is 12.8 Å². The number of nitrogens with two attached hydrogens (primary N) is 2. The van der Waals surface area contributed by atoms with Gasteiger partial charge in [-0.25, -0.2) is 0 Å². The standard InChI is InChI=1S/C26H23NO.C24H22N2O/c1-3-8-25(27)26(28)24-16-15-23(20-11-6-7-12-21(20)24)22-14-13-17(2)18-9-4-5-10-19(18)22;1-15-11-12-20(17-8-4-3-7-16(15)17)21-13-14-22(23(27)24(25)26-2)19-10-6-5-9-18(19)21/h5-6,8,10-11,13-16H,3-4,9,27H2,1-2H3;4-6,8-14H,3,7H2,1-2H3,(H2,25,26)/b25-8+;. The van der Waals surface area contributed by atoms with Gasteiger partial charge in [0.2, 0.25) is 11.6 Å². The van der Waals surface area contributed by atoms with Crippen molar-refractivity contribution in [1.29, 1.82) is 0 Å². The third kappa shape index (κ3) is 7.00. The fourth-order valence-electron chi connectivity index (χ4n) is 7.95. The van der Waals surface area contributed by atoms with Crippen LogP contribution in [0.25, 0.3) is 56.0 Å². The molecule has 0 aliphatic heterocycles. The molecule has 2 aliphatic rings. The minimum absolute atomic E-state index is 0.0311. The summed E-state index contributed by atoms with van der Waals surface area (Å²) in [6, 6.07) is 34.6. The SMILES string of the molecule is CC/C=C(/N)C(=O)c1ccc(-c2ccc(C)c3c2C=CCC3)c2ccc#cc12.CN=C(N)C(=O)c1ccc(-c2ccc(C)c3c2C=CCC3)c2ccccc12. The number of carbonyl (C=O) groups excluding carboxylic acids is 2. The van der Waals surface area contributed by atoms with Crippen LogP contribution in [0.4, 0.5) is 0 Å². The van der Waals surface area contributed by atoms with Crippen molar-refractivity contribution in [2.75, 3.05) is 7.05 Å². The molecule has 2 aliphatic carbocycles. The molecule has 55 heavy (non-hydrogen) atoms. The molecule has 0 saturated carbocycles. The van der Waals surface area contributed by atoms with Crippen molar-refractivity contribution in [2.45, 2.75) is 52.9 Å². The number of rotatable bonds is 7. The number of hydrogen-bond acceptors (Lipinski definition) is 4. The molecule has 8 rings (SSSR count). The number of nitrogens with zero attached hydrogens (tertiary/aromatic N) is 1. The van der Waals surface area contributed by atoms with E-state index >= 15 is 0 Å². The monoisotopic (exact) mass is 719 g/mol. The molecular formula is C50H45N3O2. The Kier molecular flexibility index (Phi) is 10.6. The van der Waals surface area contributed by atoms with E-state index in [1.807, 2.05) is 61.5 Å². The molecule has 272 valence electrons. The number of ketones is 2. The van der Waals surface area contributed by atoms with E-state index < -0.39 is 0 Å². The van der Waals surface area contributed by atoms with Crippen LogP contribution in [0, 0.1) is 26.0 Å². The van der Waals surface area contributed by atoms with Crippen LogP contribution >= 0.6 is 0 Å². The number of amidine groups is 1. The van der Waals surface area contributed by atoms with Crippen molar-refractivity contribution >= 4 is 51.1 Å². The summed E-state index contributed by atoms with van der Waals surface area (Å²) in [6.45, 7) is 6.32. The Hall–Kier alpha value is -6.51. The van der Waals surface area contributed by atoms with Gasteiger partial charge in [-0.2, -0.15) is 0 Å². The van der Waals surface area contributed by atoms with Crippen molar-refractivity contribution < 1.29 is 9.59 Å². The summed E-state index contributed by atoms with van der Waals surface area (Å²) in [5.41, 5.74) is 25.9. The highest BCUT2D eigenvalue weighted by Crippen LogP contribution is 2.39. The van der Waals surface area contributed by atoms with E-state index in [0.717, 1.165) is 64.8 Å². The molecule has 6 aromatic carbocycles. The third-order valence-corrected chi connectivity index (χ3v) is 10.8. The van der Waals surface area contributed by atoms with E-state index in [1.54, 1.807) is 6.08 Å². The lowest BCUT2D eigenvalue weighted by atomic mass is 9.85. The largest absolute Gasteiger partial charge is 0.396 e. The predicted octanol–water partition coefficient (Wildman–Crippen LogP) is 10.8. The number of aryl methyl sites for hydroxylation is 2. The number of carbonyl (C=O) groups is 2. The van der Waals surface area contributed by atoms with Gasteiger partial charge in [0.1, 0.15) is 0 Å². The van der Waals surface area contributed by atoms with Gasteiger partial charge in [0, 0.05) is 23.6 Å². The summed E-state index contributed by atoms with van der Waals surface area (Å²) in [5, 5.41) is 3.73. The summed E-state index contributed by atoms with van der Waals surface area (Å²) >= 11 is 0. The van der Waals surface area contributed by atoms with Crippen LogP contribution in [-0.4, -0.2) is 24.4 Å².